The van der Waals surface area contributed by atoms with E-state index >= 15 is 0 Å². The first-order valence-electron chi connectivity index (χ1n) is 8.04. The van der Waals surface area contributed by atoms with Gasteiger partial charge < -0.3 is 18.6 Å². The third-order valence-electron chi connectivity index (χ3n) is 3.74. The number of carbonyl (C=O) groups excluding carboxylic acids is 1. The highest BCUT2D eigenvalue weighted by molar-refractivity contribution is 6.30. The molecule has 0 atom stereocenters. The number of halogens is 1. The van der Waals surface area contributed by atoms with Crippen LogP contribution in [-0.2, 0) is 22.6 Å². The van der Waals surface area contributed by atoms with Crippen LogP contribution in [0.15, 0.2) is 46.9 Å². The molecule has 0 N–H and O–H groups in total. The number of hydrogen-bond donors (Lipinski definition) is 0. The average molecular weight is 389 g/mol. The zero-order valence-electron chi connectivity index (χ0n) is 14.8. The van der Waals surface area contributed by atoms with Gasteiger partial charge in [-0.3, -0.25) is 4.79 Å². The maximum atomic E-state index is 12.1. The predicted molar refractivity (Wildman–Crippen MR) is 97.8 cm³/mol. The monoisotopic (exact) mass is 388 g/mol. The molecule has 0 spiro atoms. The van der Waals surface area contributed by atoms with Crippen molar-refractivity contribution in [3.8, 4) is 23.0 Å². The van der Waals surface area contributed by atoms with Gasteiger partial charge in [-0.2, -0.15) is 0 Å². The van der Waals surface area contributed by atoms with Crippen LogP contribution >= 0.6 is 11.6 Å². The Kier molecular flexibility index (Phi) is 5.93. The molecule has 0 saturated heterocycles. The number of rotatable bonds is 7. The summed E-state index contributed by atoms with van der Waals surface area (Å²) in [5.74, 6) is 1.29. The van der Waals surface area contributed by atoms with Crippen molar-refractivity contribution in [3.63, 3.8) is 0 Å². The summed E-state index contributed by atoms with van der Waals surface area (Å²) in [6.07, 6.45) is 0.0470. The fraction of sp³-hybridized carbons (Fsp3) is 0.211. The summed E-state index contributed by atoms with van der Waals surface area (Å²) in [4.78, 5) is 12.1. The molecule has 3 rings (SSSR count). The van der Waals surface area contributed by atoms with E-state index in [9.17, 15) is 4.79 Å². The smallest absolute Gasteiger partial charge is 0.310 e. The molecule has 0 fully saturated rings. The Bertz CT molecular complexity index is 924. The number of ether oxygens (including phenoxy) is 3. The molecule has 0 aliphatic rings. The lowest BCUT2D eigenvalue weighted by atomic mass is 10.1. The SMILES string of the molecule is COc1ccc(CC(=O)OCc2nnc(-c3ccc(Cl)cc3)o2)c(OC)c1. The molecule has 0 aliphatic carbocycles. The second-order valence-electron chi connectivity index (χ2n) is 5.52. The summed E-state index contributed by atoms with van der Waals surface area (Å²) < 4.78 is 21.1. The highest BCUT2D eigenvalue weighted by Gasteiger charge is 2.14. The van der Waals surface area contributed by atoms with Gasteiger partial charge in [-0.25, -0.2) is 0 Å². The summed E-state index contributed by atoms with van der Waals surface area (Å²) in [6.45, 7) is -0.113. The first-order chi connectivity index (χ1) is 13.1. The fourth-order valence-electron chi connectivity index (χ4n) is 2.37. The quantitative estimate of drug-likeness (QED) is 0.570. The van der Waals surface area contributed by atoms with Gasteiger partial charge in [0.05, 0.1) is 20.6 Å². The minimum absolute atomic E-state index is 0.0470. The summed E-state index contributed by atoms with van der Waals surface area (Å²) in [7, 11) is 3.09. The van der Waals surface area contributed by atoms with Gasteiger partial charge in [0.15, 0.2) is 6.61 Å². The van der Waals surface area contributed by atoms with E-state index in [1.165, 1.54) is 7.11 Å². The van der Waals surface area contributed by atoms with Crippen molar-refractivity contribution < 1.29 is 23.4 Å². The molecule has 0 saturated carbocycles. The molecule has 7 nitrogen and oxygen atoms in total. The van der Waals surface area contributed by atoms with Gasteiger partial charge in [-0.05, 0) is 30.3 Å². The fourth-order valence-corrected chi connectivity index (χ4v) is 2.49. The molecule has 3 aromatic rings. The Morgan fingerprint density at radius 3 is 2.56 bits per heavy atom. The van der Waals surface area contributed by atoms with Gasteiger partial charge in [0.25, 0.3) is 5.89 Å². The molecule has 1 heterocycles. The second-order valence-corrected chi connectivity index (χ2v) is 5.96. The zero-order chi connectivity index (χ0) is 19.2. The Labute approximate surface area is 160 Å². The summed E-state index contributed by atoms with van der Waals surface area (Å²) in [5, 5.41) is 8.43. The van der Waals surface area contributed by atoms with Gasteiger partial charge in [0.2, 0.25) is 5.89 Å². The Morgan fingerprint density at radius 2 is 1.85 bits per heavy atom. The van der Waals surface area contributed by atoms with Gasteiger partial charge in [-0.15, -0.1) is 10.2 Å². The van der Waals surface area contributed by atoms with Crippen LogP contribution in [0.25, 0.3) is 11.5 Å². The third-order valence-corrected chi connectivity index (χ3v) is 4.00. The van der Waals surface area contributed by atoms with Crippen molar-refractivity contribution in [2.45, 2.75) is 13.0 Å². The molecule has 8 heteroatoms. The van der Waals surface area contributed by atoms with Gasteiger partial charge in [-0.1, -0.05) is 17.7 Å². The molecule has 2 aromatic carbocycles. The largest absolute Gasteiger partial charge is 0.497 e. The first-order valence-corrected chi connectivity index (χ1v) is 8.41. The number of nitrogens with zero attached hydrogens (tertiary/aromatic N) is 2. The van der Waals surface area contributed by atoms with E-state index in [0.29, 0.717) is 28.0 Å². The molecular formula is C19H17ClN2O5. The van der Waals surface area contributed by atoms with Crippen molar-refractivity contribution in [1.29, 1.82) is 0 Å². The number of aromatic nitrogens is 2. The van der Waals surface area contributed by atoms with E-state index in [4.69, 9.17) is 30.2 Å². The lowest BCUT2D eigenvalue weighted by Crippen LogP contribution is -2.09. The van der Waals surface area contributed by atoms with Crippen LogP contribution in [0, 0.1) is 0 Å². The number of hydrogen-bond acceptors (Lipinski definition) is 7. The summed E-state index contributed by atoms with van der Waals surface area (Å²) in [6, 6.07) is 12.2. The zero-order valence-corrected chi connectivity index (χ0v) is 15.5. The molecule has 0 unspecified atom stereocenters. The number of carbonyl (C=O) groups is 1. The van der Waals surface area contributed by atoms with Crippen LogP contribution in [0.1, 0.15) is 11.5 Å². The standard InChI is InChI=1S/C19H17ClN2O5/c1-24-15-8-5-13(16(10-15)25-2)9-18(23)26-11-17-21-22-19(27-17)12-3-6-14(20)7-4-12/h3-8,10H,9,11H2,1-2H3. The van der Waals surface area contributed by atoms with Gasteiger partial charge >= 0.3 is 5.97 Å². The number of methoxy groups -OCH3 is 2. The molecule has 0 aliphatic heterocycles. The van der Waals surface area contributed by atoms with E-state index in [0.717, 1.165) is 5.56 Å². The molecule has 0 radical (unpaired) electrons. The predicted octanol–water partition coefficient (Wildman–Crippen LogP) is 3.69. The summed E-state index contributed by atoms with van der Waals surface area (Å²) in [5.41, 5.74) is 1.42. The minimum atomic E-state index is -0.440. The Morgan fingerprint density at radius 1 is 1.07 bits per heavy atom. The number of benzene rings is 2. The van der Waals surface area contributed by atoms with Crippen molar-refractivity contribution in [2.24, 2.45) is 0 Å². The summed E-state index contributed by atoms with van der Waals surface area (Å²) >= 11 is 5.85. The van der Waals surface area contributed by atoms with Crippen molar-refractivity contribution >= 4 is 17.6 Å². The van der Waals surface area contributed by atoms with Crippen LogP contribution in [-0.4, -0.2) is 30.4 Å². The highest BCUT2D eigenvalue weighted by Crippen LogP contribution is 2.25. The molecule has 140 valence electrons. The normalized spacial score (nSPS) is 10.5. The van der Waals surface area contributed by atoms with Crippen LogP contribution in [0.4, 0.5) is 0 Å². The van der Waals surface area contributed by atoms with Gasteiger partial charge in [0.1, 0.15) is 11.5 Å². The Hall–Kier alpha value is -3.06. The maximum absolute atomic E-state index is 12.1. The molecule has 0 bridgehead atoms. The van der Waals surface area contributed by atoms with E-state index < -0.39 is 5.97 Å². The van der Waals surface area contributed by atoms with Crippen LogP contribution < -0.4 is 9.47 Å². The maximum Gasteiger partial charge on any atom is 0.310 e. The second kappa shape index (κ2) is 8.55. The molecule has 0 amide bonds. The van der Waals surface area contributed by atoms with Crippen molar-refractivity contribution in [1.82, 2.24) is 10.2 Å². The first kappa shape index (κ1) is 18.7. The van der Waals surface area contributed by atoms with E-state index in [2.05, 4.69) is 10.2 Å². The molecule has 1 aromatic heterocycles. The molecule has 27 heavy (non-hydrogen) atoms. The van der Waals surface area contributed by atoms with Crippen LogP contribution in [0.3, 0.4) is 0 Å². The van der Waals surface area contributed by atoms with Crippen molar-refractivity contribution in [2.75, 3.05) is 14.2 Å². The van der Waals surface area contributed by atoms with E-state index in [1.807, 2.05) is 0 Å². The van der Waals surface area contributed by atoms with E-state index in [-0.39, 0.29) is 18.9 Å². The topological polar surface area (TPSA) is 83.7 Å². The Balaban J connectivity index is 1.59. The van der Waals surface area contributed by atoms with Crippen LogP contribution in [0.5, 0.6) is 11.5 Å². The van der Waals surface area contributed by atoms with Crippen molar-refractivity contribution in [3.05, 3.63) is 58.9 Å². The van der Waals surface area contributed by atoms with Crippen LogP contribution in [0.2, 0.25) is 5.02 Å². The third kappa shape index (κ3) is 4.77. The lowest BCUT2D eigenvalue weighted by Gasteiger charge is -2.09. The number of esters is 1. The lowest BCUT2D eigenvalue weighted by molar-refractivity contribution is -0.144. The van der Waals surface area contributed by atoms with Gasteiger partial charge in [0, 0.05) is 22.2 Å². The average Bonchev–Trinajstić information content (AvgIpc) is 3.16. The van der Waals surface area contributed by atoms with E-state index in [1.54, 1.807) is 49.6 Å². The highest BCUT2D eigenvalue weighted by atomic mass is 35.5. The molecular weight excluding hydrogens is 372 g/mol. The minimum Gasteiger partial charge on any atom is -0.497 e.